The highest BCUT2D eigenvalue weighted by Crippen LogP contribution is 2.38. The Morgan fingerprint density at radius 2 is 1.90 bits per heavy atom. The van der Waals surface area contributed by atoms with Crippen molar-refractivity contribution in [3.05, 3.63) is 61.1 Å². The molecule has 0 amide bonds. The Morgan fingerprint density at radius 1 is 1.10 bits per heavy atom. The Kier molecular flexibility index (Phi) is 4.04. The lowest BCUT2D eigenvalue weighted by atomic mass is 10.0. The first-order valence-corrected chi connectivity index (χ1v) is 7.55. The number of H-pyrrole nitrogens is 1. The van der Waals surface area contributed by atoms with Crippen molar-refractivity contribution >= 4 is 11.8 Å². The fraction of sp³-hybridized carbons (Fsp3) is 0.0588. The molecular formula is C17H13N3S. The van der Waals surface area contributed by atoms with Crippen LogP contribution in [-0.2, 0) is 0 Å². The lowest BCUT2D eigenvalue weighted by molar-refractivity contribution is 1.30. The first-order valence-electron chi connectivity index (χ1n) is 6.57. The molecule has 0 bridgehead atoms. The molecule has 3 rings (SSSR count). The average molecular weight is 291 g/mol. The summed E-state index contributed by atoms with van der Waals surface area (Å²) in [5.41, 5.74) is 4.34. The van der Waals surface area contributed by atoms with E-state index in [0.29, 0.717) is 5.75 Å². The van der Waals surface area contributed by atoms with Crippen molar-refractivity contribution in [1.29, 1.82) is 5.26 Å². The van der Waals surface area contributed by atoms with E-state index in [1.54, 1.807) is 18.0 Å². The van der Waals surface area contributed by atoms with E-state index in [0.717, 1.165) is 27.3 Å². The number of hydrogen-bond donors (Lipinski definition) is 1. The van der Waals surface area contributed by atoms with Crippen molar-refractivity contribution in [1.82, 2.24) is 9.97 Å². The summed E-state index contributed by atoms with van der Waals surface area (Å²) in [6.07, 6.45) is 5.57. The molecule has 0 fully saturated rings. The first-order chi connectivity index (χ1) is 10.4. The van der Waals surface area contributed by atoms with Crippen molar-refractivity contribution < 1.29 is 0 Å². The molecule has 102 valence electrons. The Balaban J connectivity index is 2.13. The predicted octanol–water partition coefficient (Wildman–Crippen LogP) is 4.36. The number of thioether (sulfide) groups is 1. The van der Waals surface area contributed by atoms with Crippen molar-refractivity contribution in [3.8, 4) is 28.5 Å². The molecule has 2 aromatic heterocycles. The van der Waals surface area contributed by atoms with Crippen LogP contribution < -0.4 is 0 Å². The highest BCUT2D eigenvalue weighted by atomic mass is 32.2. The van der Waals surface area contributed by atoms with E-state index in [2.05, 4.69) is 28.2 Å². The van der Waals surface area contributed by atoms with Gasteiger partial charge in [0.25, 0.3) is 0 Å². The number of pyridine rings is 1. The van der Waals surface area contributed by atoms with Crippen molar-refractivity contribution in [3.63, 3.8) is 0 Å². The highest BCUT2D eigenvalue weighted by molar-refractivity contribution is 7.99. The topological polar surface area (TPSA) is 52.5 Å². The van der Waals surface area contributed by atoms with E-state index in [1.807, 2.05) is 42.7 Å². The van der Waals surface area contributed by atoms with Crippen LogP contribution >= 0.6 is 11.8 Å². The van der Waals surface area contributed by atoms with Crippen molar-refractivity contribution in [2.45, 2.75) is 4.90 Å². The van der Waals surface area contributed by atoms with Crippen molar-refractivity contribution in [2.24, 2.45) is 0 Å². The quantitative estimate of drug-likeness (QED) is 0.727. The Morgan fingerprint density at radius 3 is 2.62 bits per heavy atom. The molecule has 0 atom stereocenters. The maximum Gasteiger partial charge on any atom is 0.0856 e. The molecule has 0 spiro atoms. The van der Waals surface area contributed by atoms with Gasteiger partial charge in [-0.05, 0) is 17.7 Å². The van der Waals surface area contributed by atoms with Gasteiger partial charge in [0.1, 0.15) is 0 Å². The summed E-state index contributed by atoms with van der Waals surface area (Å²) < 4.78 is 0. The average Bonchev–Trinajstić information content (AvgIpc) is 2.98. The van der Waals surface area contributed by atoms with Gasteiger partial charge in [0.15, 0.2) is 0 Å². The van der Waals surface area contributed by atoms with Gasteiger partial charge < -0.3 is 4.98 Å². The zero-order valence-electron chi connectivity index (χ0n) is 11.3. The molecule has 0 unspecified atom stereocenters. The zero-order chi connectivity index (χ0) is 14.5. The second-order valence-electron chi connectivity index (χ2n) is 4.46. The van der Waals surface area contributed by atoms with Gasteiger partial charge in [0.2, 0.25) is 0 Å². The van der Waals surface area contributed by atoms with E-state index in [1.165, 1.54) is 0 Å². The molecule has 0 saturated carbocycles. The number of nitrogens with one attached hydrogen (secondary N) is 1. The lowest BCUT2D eigenvalue weighted by Gasteiger charge is -2.07. The summed E-state index contributed by atoms with van der Waals surface area (Å²) in [6, 6.07) is 16.3. The van der Waals surface area contributed by atoms with E-state index in [9.17, 15) is 0 Å². The molecule has 0 aliphatic heterocycles. The van der Waals surface area contributed by atoms with E-state index in [-0.39, 0.29) is 0 Å². The third kappa shape index (κ3) is 2.83. The largest absolute Gasteiger partial charge is 0.360 e. The van der Waals surface area contributed by atoms with Crippen LogP contribution in [-0.4, -0.2) is 15.7 Å². The van der Waals surface area contributed by atoms with Crippen molar-refractivity contribution in [2.75, 3.05) is 5.75 Å². The minimum Gasteiger partial charge on any atom is -0.360 e. The zero-order valence-corrected chi connectivity index (χ0v) is 12.1. The van der Waals surface area contributed by atoms with Crippen LogP contribution in [0.2, 0.25) is 0 Å². The summed E-state index contributed by atoms with van der Waals surface area (Å²) in [6.45, 7) is 0. The normalized spacial score (nSPS) is 10.2. The molecule has 2 heterocycles. The summed E-state index contributed by atoms with van der Waals surface area (Å²) in [4.78, 5) is 8.60. The Bertz CT molecular complexity index is 758. The maximum absolute atomic E-state index is 8.82. The van der Waals surface area contributed by atoms with Gasteiger partial charge in [-0.15, -0.1) is 11.8 Å². The molecule has 0 radical (unpaired) electrons. The molecule has 4 heteroatoms. The van der Waals surface area contributed by atoms with Crippen LogP contribution in [0.4, 0.5) is 0 Å². The molecule has 3 aromatic rings. The minimum absolute atomic E-state index is 0.435. The number of rotatable bonds is 4. The standard InChI is InChI=1S/C17H13N3S/c18-8-10-21-15-12-20-17(14-7-4-9-19-11-14)16(15)13-5-2-1-3-6-13/h1-7,9,11-12,20H,10H2. The van der Waals surface area contributed by atoms with Gasteiger partial charge in [0, 0.05) is 34.6 Å². The fourth-order valence-corrected chi connectivity index (χ4v) is 2.99. The molecule has 21 heavy (non-hydrogen) atoms. The second kappa shape index (κ2) is 6.29. The third-order valence-electron chi connectivity index (χ3n) is 3.15. The molecule has 3 nitrogen and oxygen atoms in total. The Labute approximate surface area is 127 Å². The van der Waals surface area contributed by atoms with Gasteiger partial charge in [-0.2, -0.15) is 5.26 Å². The number of aromatic amines is 1. The lowest BCUT2D eigenvalue weighted by Crippen LogP contribution is -1.85. The smallest absolute Gasteiger partial charge is 0.0856 e. The molecule has 0 saturated heterocycles. The van der Waals surface area contributed by atoms with Crippen LogP contribution in [0.1, 0.15) is 0 Å². The van der Waals surface area contributed by atoms with Gasteiger partial charge >= 0.3 is 0 Å². The number of hydrogen-bond acceptors (Lipinski definition) is 3. The van der Waals surface area contributed by atoms with Crippen LogP contribution in [0, 0.1) is 11.3 Å². The summed E-state index contributed by atoms with van der Waals surface area (Å²) in [7, 11) is 0. The number of nitrogens with zero attached hydrogens (tertiary/aromatic N) is 2. The summed E-state index contributed by atoms with van der Waals surface area (Å²) >= 11 is 1.54. The van der Waals surface area contributed by atoms with Crippen LogP contribution in [0.3, 0.4) is 0 Å². The van der Waals surface area contributed by atoms with Gasteiger partial charge in [0.05, 0.1) is 17.5 Å². The fourth-order valence-electron chi connectivity index (χ4n) is 2.26. The summed E-state index contributed by atoms with van der Waals surface area (Å²) in [5, 5.41) is 8.82. The molecular weight excluding hydrogens is 278 g/mol. The number of benzene rings is 1. The van der Waals surface area contributed by atoms with E-state index in [4.69, 9.17) is 5.26 Å². The molecule has 0 aliphatic rings. The SMILES string of the molecule is N#CCSc1c[nH]c(-c2cccnc2)c1-c1ccccc1. The minimum atomic E-state index is 0.435. The van der Waals surface area contributed by atoms with Gasteiger partial charge in [-0.1, -0.05) is 30.3 Å². The van der Waals surface area contributed by atoms with Crippen LogP contribution in [0.15, 0.2) is 66.0 Å². The predicted molar refractivity (Wildman–Crippen MR) is 85.8 cm³/mol. The van der Waals surface area contributed by atoms with Gasteiger partial charge in [-0.3, -0.25) is 4.98 Å². The second-order valence-corrected chi connectivity index (χ2v) is 5.47. The first kappa shape index (κ1) is 13.5. The van der Waals surface area contributed by atoms with Crippen LogP contribution in [0.25, 0.3) is 22.4 Å². The molecule has 1 aromatic carbocycles. The third-order valence-corrected chi connectivity index (χ3v) is 4.06. The van der Waals surface area contributed by atoms with E-state index < -0.39 is 0 Å². The highest BCUT2D eigenvalue weighted by Gasteiger charge is 2.15. The van der Waals surface area contributed by atoms with E-state index >= 15 is 0 Å². The monoisotopic (exact) mass is 291 g/mol. The number of nitriles is 1. The van der Waals surface area contributed by atoms with Gasteiger partial charge in [-0.25, -0.2) is 0 Å². The Hall–Kier alpha value is -2.51. The molecule has 0 aliphatic carbocycles. The number of aromatic nitrogens is 2. The van der Waals surface area contributed by atoms with Crippen LogP contribution in [0.5, 0.6) is 0 Å². The molecule has 1 N–H and O–H groups in total. The summed E-state index contributed by atoms with van der Waals surface area (Å²) in [5.74, 6) is 0.435. The maximum atomic E-state index is 8.82.